The van der Waals surface area contributed by atoms with Crippen LogP contribution in [-0.4, -0.2) is 26.7 Å². The highest BCUT2D eigenvalue weighted by Gasteiger charge is 2.11. The fourth-order valence-corrected chi connectivity index (χ4v) is 1.95. The van der Waals surface area contributed by atoms with Crippen LogP contribution in [0.15, 0.2) is 23.1 Å². The van der Waals surface area contributed by atoms with E-state index in [-0.39, 0.29) is 23.1 Å². The van der Waals surface area contributed by atoms with Crippen LogP contribution >= 0.6 is 0 Å². The first-order valence-electron chi connectivity index (χ1n) is 5.51. The van der Waals surface area contributed by atoms with Gasteiger partial charge in [-0.15, -0.1) is 0 Å². The molecule has 0 fully saturated rings. The fourth-order valence-electron chi connectivity index (χ4n) is 1.42. The Bertz CT molecular complexity index is 505. The van der Waals surface area contributed by atoms with Gasteiger partial charge in [0.05, 0.1) is 10.6 Å². The molecule has 0 radical (unpaired) electrons. The van der Waals surface area contributed by atoms with Crippen molar-refractivity contribution >= 4 is 15.7 Å². The normalized spacial score (nSPS) is 13.3. The van der Waals surface area contributed by atoms with E-state index >= 15 is 0 Å². The van der Waals surface area contributed by atoms with Crippen LogP contribution in [0.2, 0.25) is 0 Å². The van der Waals surface area contributed by atoms with Crippen molar-refractivity contribution in [3.63, 3.8) is 0 Å². The number of nitrogens with one attached hydrogen (secondary N) is 1. The Morgan fingerprint density at radius 3 is 2.67 bits per heavy atom. The molecule has 0 aliphatic rings. The first-order chi connectivity index (χ1) is 8.34. The van der Waals surface area contributed by atoms with E-state index < -0.39 is 15.8 Å². The smallest absolute Gasteiger partial charge is 0.238 e. The number of nitrogens with two attached hydrogens (primary N) is 1. The van der Waals surface area contributed by atoms with E-state index in [0.717, 1.165) is 6.07 Å². The number of rotatable bonds is 6. The second-order valence-corrected chi connectivity index (χ2v) is 5.75. The lowest BCUT2D eigenvalue weighted by Crippen LogP contribution is -2.15. The molecule has 0 heterocycles. The molecule has 0 aromatic heterocycles. The monoisotopic (exact) mass is 276 g/mol. The zero-order valence-corrected chi connectivity index (χ0v) is 10.9. The summed E-state index contributed by atoms with van der Waals surface area (Å²) in [5.41, 5.74) is 0.215. The predicted octanol–water partition coefficient (Wildman–Crippen LogP) is 0.904. The number of benzene rings is 1. The summed E-state index contributed by atoms with van der Waals surface area (Å²) in [5, 5.41) is 16.5. The molecule has 1 aromatic carbocycles. The quantitative estimate of drug-likeness (QED) is 0.720. The first-order valence-corrected chi connectivity index (χ1v) is 7.06. The van der Waals surface area contributed by atoms with Gasteiger partial charge < -0.3 is 10.4 Å². The van der Waals surface area contributed by atoms with Gasteiger partial charge in [0.25, 0.3) is 0 Å². The third-order valence-corrected chi connectivity index (χ3v) is 3.44. The number of halogens is 1. The topological polar surface area (TPSA) is 92.4 Å². The zero-order valence-electron chi connectivity index (χ0n) is 10.1. The van der Waals surface area contributed by atoms with Crippen LogP contribution in [0.4, 0.5) is 10.1 Å². The number of anilines is 1. The van der Waals surface area contributed by atoms with Gasteiger partial charge in [-0.25, -0.2) is 17.9 Å². The summed E-state index contributed by atoms with van der Waals surface area (Å²) in [6, 6.07) is 3.46. The first kappa shape index (κ1) is 14.9. The molecule has 5 nitrogen and oxygen atoms in total. The number of hydrogen-bond acceptors (Lipinski definition) is 4. The summed E-state index contributed by atoms with van der Waals surface area (Å²) >= 11 is 0. The second kappa shape index (κ2) is 6.12. The molecule has 0 saturated carbocycles. The fraction of sp³-hybridized carbons (Fsp3) is 0.455. The number of sulfonamides is 1. The minimum atomic E-state index is -3.88. The number of aliphatic hydroxyl groups excluding tert-OH is 1. The van der Waals surface area contributed by atoms with Crippen LogP contribution < -0.4 is 10.5 Å². The Kier molecular flexibility index (Phi) is 5.06. The molecule has 18 heavy (non-hydrogen) atoms. The summed E-state index contributed by atoms with van der Waals surface area (Å²) in [7, 11) is -3.88. The summed E-state index contributed by atoms with van der Waals surface area (Å²) in [5.74, 6) is -0.481. The van der Waals surface area contributed by atoms with Gasteiger partial charge in [-0.2, -0.15) is 0 Å². The molecule has 1 rings (SSSR count). The molecular formula is C11H17FN2O3S. The Balaban J connectivity index is 2.75. The van der Waals surface area contributed by atoms with E-state index in [1.807, 2.05) is 6.92 Å². The predicted molar refractivity (Wildman–Crippen MR) is 67.1 cm³/mol. The zero-order chi connectivity index (χ0) is 13.8. The highest BCUT2D eigenvalue weighted by atomic mass is 32.2. The van der Waals surface area contributed by atoms with Gasteiger partial charge >= 0.3 is 0 Å². The van der Waals surface area contributed by atoms with Crippen molar-refractivity contribution in [2.75, 3.05) is 18.5 Å². The van der Waals surface area contributed by atoms with Gasteiger partial charge in [-0.1, -0.05) is 6.92 Å². The molecule has 0 amide bonds. The van der Waals surface area contributed by atoms with E-state index in [2.05, 4.69) is 5.32 Å². The van der Waals surface area contributed by atoms with Gasteiger partial charge in [-0.05, 0) is 30.5 Å². The maximum absolute atomic E-state index is 13.6. The number of primary sulfonamides is 1. The van der Waals surface area contributed by atoms with Crippen LogP contribution in [0, 0.1) is 11.7 Å². The van der Waals surface area contributed by atoms with Gasteiger partial charge in [0.15, 0.2) is 0 Å². The molecule has 0 spiro atoms. The highest BCUT2D eigenvalue weighted by molar-refractivity contribution is 7.89. The average molecular weight is 276 g/mol. The van der Waals surface area contributed by atoms with Crippen LogP contribution in [0.5, 0.6) is 0 Å². The van der Waals surface area contributed by atoms with E-state index in [1.165, 1.54) is 12.1 Å². The Morgan fingerprint density at radius 2 is 2.17 bits per heavy atom. The number of aliphatic hydroxyl groups is 1. The van der Waals surface area contributed by atoms with Gasteiger partial charge in [-0.3, -0.25) is 0 Å². The third kappa shape index (κ3) is 4.25. The lowest BCUT2D eigenvalue weighted by molar-refractivity contribution is 0.266. The van der Waals surface area contributed by atoms with E-state index in [4.69, 9.17) is 10.2 Å². The lowest BCUT2D eigenvalue weighted by Gasteiger charge is -2.13. The number of hydrogen-bond donors (Lipinski definition) is 3. The molecule has 1 aromatic rings. The highest BCUT2D eigenvalue weighted by Crippen LogP contribution is 2.18. The Labute approximate surface area is 106 Å². The maximum atomic E-state index is 13.6. The van der Waals surface area contributed by atoms with Gasteiger partial charge in [0.1, 0.15) is 5.82 Å². The third-order valence-electron chi connectivity index (χ3n) is 2.53. The largest absolute Gasteiger partial charge is 0.396 e. The summed E-state index contributed by atoms with van der Waals surface area (Å²) in [6.45, 7) is 2.49. The molecule has 0 saturated heterocycles. The molecule has 4 N–H and O–H groups in total. The van der Waals surface area contributed by atoms with Crippen LogP contribution in [0.1, 0.15) is 13.3 Å². The molecule has 1 unspecified atom stereocenters. The summed E-state index contributed by atoms with van der Waals surface area (Å²) in [6.07, 6.45) is 0.615. The standard InChI is InChI=1S/C11H17FN2O3S/c1-8(4-5-15)7-14-11-3-2-9(6-10(11)12)18(13,16)17/h2-3,6,8,14-15H,4-5,7H2,1H3,(H2,13,16,17). The molecular weight excluding hydrogens is 259 g/mol. The Morgan fingerprint density at radius 1 is 1.50 bits per heavy atom. The van der Waals surface area contributed by atoms with Crippen molar-refractivity contribution in [2.45, 2.75) is 18.2 Å². The molecule has 0 bridgehead atoms. The molecule has 102 valence electrons. The van der Waals surface area contributed by atoms with Crippen molar-refractivity contribution in [2.24, 2.45) is 11.1 Å². The SMILES string of the molecule is CC(CCO)CNc1ccc(S(N)(=O)=O)cc1F. The lowest BCUT2D eigenvalue weighted by atomic mass is 10.1. The van der Waals surface area contributed by atoms with E-state index in [1.54, 1.807) is 0 Å². The van der Waals surface area contributed by atoms with Crippen molar-refractivity contribution in [1.82, 2.24) is 0 Å². The summed E-state index contributed by atoms with van der Waals surface area (Å²) < 4.78 is 35.6. The Hall–Kier alpha value is -1.18. The van der Waals surface area contributed by atoms with Crippen LogP contribution in [-0.2, 0) is 10.0 Å². The van der Waals surface area contributed by atoms with E-state index in [0.29, 0.717) is 13.0 Å². The van der Waals surface area contributed by atoms with Crippen molar-refractivity contribution < 1.29 is 17.9 Å². The maximum Gasteiger partial charge on any atom is 0.238 e. The molecule has 0 aliphatic carbocycles. The van der Waals surface area contributed by atoms with Crippen LogP contribution in [0.25, 0.3) is 0 Å². The minimum absolute atomic E-state index is 0.0791. The average Bonchev–Trinajstić information content (AvgIpc) is 2.26. The van der Waals surface area contributed by atoms with Crippen molar-refractivity contribution in [3.05, 3.63) is 24.0 Å². The van der Waals surface area contributed by atoms with Crippen molar-refractivity contribution in [3.8, 4) is 0 Å². The minimum Gasteiger partial charge on any atom is -0.396 e. The van der Waals surface area contributed by atoms with E-state index in [9.17, 15) is 12.8 Å². The molecule has 0 aliphatic heterocycles. The van der Waals surface area contributed by atoms with Crippen molar-refractivity contribution in [1.29, 1.82) is 0 Å². The van der Waals surface area contributed by atoms with Gasteiger partial charge in [0.2, 0.25) is 10.0 Å². The van der Waals surface area contributed by atoms with Crippen LogP contribution in [0.3, 0.4) is 0 Å². The molecule has 7 heteroatoms. The summed E-state index contributed by atoms with van der Waals surface area (Å²) in [4.78, 5) is -0.256. The molecule has 1 atom stereocenters. The van der Waals surface area contributed by atoms with Gasteiger partial charge in [0, 0.05) is 13.2 Å². The second-order valence-electron chi connectivity index (χ2n) is 4.19.